The van der Waals surface area contributed by atoms with Crippen LogP contribution < -0.4 is 5.32 Å². The van der Waals surface area contributed by atoms with Gasteiger partial charge in [-0.1, -0.05) is 30.7 Å². The SMILES string of the molecule is O=C(NCCN1CCCC[C@@H]1CO)C1Cc2ccccc2C1. The first-order valence-corrected chi connectivity index (χ1v) is 8.47. The summed E-state index contributed by atoms with van der Waals surface area (Å²) in [6, 6.07) is 8.63. The highest BCUT2D eigenvalue weighted by Crippen LogP contribution is 2.26. The molecule has 0 spiro atoms. The molecule has 0 bridgehead atoms. The summed E-state index contributed by atoms with van der Waals surface area (Å²) < 4.78 is 0. The lowest BCUT2D eigenvalue weighted by Crippen LogP contribution is -2.46. The summed E-state index contributed by atoms with van der Waals surface area (Å²) in [5.74, 6) is 0.265. The van der Waals surface area contributed by atoms with Crippen molar-refractivity contribution in [3.8, 4) is 0 Å². The topological polar surface area (TPSA) is 52.6 Å². The van der Waals surface area contributed by atoms with Gasteiger partial charge in [0, 0.05) is 25.0 Å². The summed E-state index contributed by atoms with van der Waals surface area (Å²) in [7, 11) is 0. The number of aliphatic hydroxyl groups excluding tert-OH is 1. The van der Waals surface area contributed by atoms with E-state index in [1.54, 1.807) is 0 Å². The van der Waals surface area contributed by atoms with E-state index < -0.39 is 0 Å². The third-order valence-corrected chi connectivity index (χ3v) is 5.08. The van der Waals surface area contributed by atoms with Crippen molar-refractivity contribution in [3.63, 3.8) is 0 Å². The normalized spacial score (nSPS) is 22.5. The van der Waals surface area contributed by atoms with E-state index in [0.717, 1.165) is 32.4 Å². The van der Waals surface area contributed by atoms with Gasteiger partial charge in [0.25, 0.3) is 0 Å². The number of fused-ring (bicyclic) bond motifs is 1. The number of amides is 1. The molecule has 2 aliphatic rings. The van der Waals surface area contributed by atoms with E-state index in [9.17, 15) is 9.90 Å². The molecule has 1 atom stereocenters. The van der Waals surface area contributed by atoms with Gasteiger partial charge in [-0.3, -0.25) is 9.69 Å². The number of likely N-dealkylation sites (tertiary alicyclic amines) is 1. The van der Waals surface area contributed by atoms with Gasteiger partial charge in [-0.05, 0) is 43.4 Å². The summed E-state index contributed by atoms with van der Waals surface area (Å²) in [6.45, 7) is 2.79. The first-order valence-electron chi connectivity index (χ1n) is 8.47. The standard InChI is InChI=1S/C18H26N2O2/c21-13-17-7-3-4-9-20(17)10-8-19-18(22)16-11-14-5-1-2-6-15(14)12-16/h1-2,5-6,16-17,21H,3-4,7-13H2,(H,19,22)/t17-/m1/s1. The maximum absolute atomic E-state index is 12.3. The summed E-state index contributed by atoms with van der Waals surface area (Å²) in [5, 5.41) is 12.5. The lowest BCUT2D eigenvalue weighted by Gasteiger charge is -2.34. The molecule has 2 N–H and O–H groups in total. The Morgan fingerprint density at radius 3 is 2.64 bits per heavy atom. The second-order valence-electron chi connectivity index (χ2n) is 6.53. The number of carbonyl (C=O) groups excluding carboxylic acids is 1. The monoisotopic (exact) mass is 302 g/mol. The van der Waals surface area contributed by atoms with E-state index in [1.807, 2.05) is 12.1 Å². The summed E-state index contributed by atoms with van der Waals surface area (Å²) >= 11 is 0. The zero-order valence-electron chi connectivity index (χ0n) is 13.1. The maximum Gasteiger partial charge on any atom is 0.223 e. The zero-order valence-corrected chi connectivity index (χ0v) is 13.1. The fourth-order valence-corrected chi connectivity index (χ4v) is 3.77. The van der Waals surface area contributed by atoms with Crippen LogP contribution in [0.3, 0.4) is 0 Å². The van der Waals surface area contributed by atoms with E-state index >= 15 is 0 Å². The van der Waals surface area contributed by atoms with Crippen molar-refractivity contribution >= 4 is 5.91 Å². The van der Waals surface area contributed by atoms with E-state index in [1.165, 1.54) is 24.0 Å². The number of piperidine rings is 1. The molecule has 1 amide bonds. The number of hydrogen-bond acceptors (Lipinski definition) is 3. The lowest BCUT2D eigenvalue weighted by atomic mass is 10.0. The Balaban J connectivity index is 1.43. The van der Waals surface area contributed by atoms with Crippen molar-refractivity contribution in [1.82, 2.24) is 10.2 Å². The summed E-state index contributed by atoms with van der Waals surface area (Å²) in [5.41, 5.74) is 2.64. The van der Waals surface area contributed by atoms with Crippen molar-refractivity contribution in [2.75, 3.05) is 26.2 Å². The molecule has 4 heteroatoms. The number of hydrogen-bond donors (Lipinski definition) is 2. The molecule has 1 aromatic rings. The second kappa shape index (κ2) is 7.25. The number of benzene rings is 1. The zero-order chi connectivity index (χ0) is 15.4. The number of aliphatic hydroxyl groups is 1. The van der Waals surface area contributed by atoms with Crippen LogP contribution in [0, 0.1) is 5.92 Å². The smallest absolute Gasteiger partial charge is 0.223 e. The largest absolute Gasteiger partial charge is 0.395 e. The molecular formula is C18H26N2O2. The van der Waals surface area contributed by atoms with Gasteiger partial charge >= 0.3 is 0 Å². The van der Waals surface area contributed by atoms with E-state index in [0.29, 0.717) is 6.54 Å². The number of nitrogens with one attached hydrogen (secondary N) is 1. The molecule has 3 rings (SSSR count). The molecule has 0 aromatic heterocycles. The van der Waals surface area contributed by atoms with Gasteiger partial charge in [0.15, 0.2) is 0 Å². The lowest BCUT2D eigenvalue weighted by molar-refractivity contribution is -0.124. The predicted octanol–water partition coefficient (Wildman–Crippen LogP) is 1.36. The van der Waals surface area contributed by atoms with Crippen LogP contribution in [0.25, 0.3) is 0 Å². The van der Waals surface area contributed by atoms with Gasteiger partial charge in [-0.25, -0.2) is 0 Å². The van der Waals surface area contributed by atoms with Gasteiger partial charge in [0.05, 0.1) is 6.61 Å². The summed E-state index contributed by atoms with van der Waals surface area (Å²) in [6.07, 6.45) is 5.20. The predicted molar refractivity (Wildman–Crippen MR) is 86.6 cm³/mol. The molecule has 120 valence electrons. The highest BCUT2D eigenvalue weighted by Gasteiger charge is 2.27. The Bertz CT molecular complexity index is 493. The number of nitrogens with zero attached hydrogens (tertiary/aromatic N) is 1. The highest BCUT2D eigenvalue weighted by molar-refractivity contribution is 5.80. The molecule has 1 heterocycles. The first-order chi connectivity index (χ1) is 10.8. The second-order valence-corrected chi connectivity index (χ2v) is 6.53. The molecule has 1 saturated heterocycles. The van der Waals surface area contributed by atoms with Crippen LogP contribution >= 0.6 is 0 Å². The molecule has 4 nitrogen and oxygen atoms in total. The molecular weight excluding hydrogens is 276 g/mol. The van der Waals surface area contributed by atoms with Crippen molar-refractivity contribution in [1.29, 1.82) is 0 Å². The Kier molecular flexibility index (Phi) is 5.11. The number of carbonyl (C=O) groups is 1. The van der Waals surface area contributed by atoms with Crippen LogP contribution in [-0.2, 0) is 17.6 Å². The minimum absolute atomic E-state index is 0.0902. The van der Waals surface area contributed by atoms with Crippen LogP contribution in [-0.4, -0.2) is 48.2 Å². The van der Waals surface area contributed by atoms with Gasteiger partial charge in [-0.2, -0.15) is 0 Å². The Labute approximate surface area is 132 Å². The van der Waals surface area contributed by atoms with Crippen molar-refractivity contribution in [2.24, 2.45) is 5.92 Å². The van der Waals surface area contributed by atoms with Crippen LogP contribution in [0.4, 0.5) is 0 Å². The maximum atomic E-state index is 12.3. The van der Waals surface area contributed by atoms with E-state index in [2.05, 4.69) is 22.3 Å². The fraction of sp³-hybridized carbons (Fsp3) is 0.611. The quantitative estimate of drug-likeness (QED) is 0.863. The first kappa shape index (κ1) is 15.5. The molecule has 0 unspecified atom stereocenters. The van der Waals surface area contributed by atoms with Crippen molar-refractivity contribution in [3.05, 3.63) is 35.4 Å². The van der Waals surface area contributed by atoms with Crippen LogP contribution in [0.1, 0.15) is 30.4 Å². The van der Waals surface area contributed by atoms with Gasteiger partial charge < -0.3 is 10.4 Å². The molecule has 1 aliphatic heterocycles. The van der Waals surface area contributed by atoms with Crippen LogP contribution in [0.2, 0.25) is 0 Å². The third-order valence-electron chi connectivity index (χ3n) is 5.08. The molecule has 1 fully saturated rings. The van der Waals surface area contributed by atoms with Crippen molar-refractivity contribution < 1.29 is 9.90 Å². The summed E-state index contributed by atoms with van der Waals surface area (Å²) in [4.78, 5) is 14.6. The van der Waals surface area contributed by atoms with Crippen molar-refractivity contribution in [2.45, 2.75) is 38.1 Å². The number of rotatable bonds is 5. The molecule has 0 radical (unpaired) electrons. The minimum atomic E-state index is 0.0902. The van der Waals surface area contributed by atoms with Gasteiger partial charge in [0.2, 0.25) is 5.91 Å². The van der Waals surface area contributed by atoms with Crippen LogP contribution in [0.5, 0.6) is 0 Å². The molecule has 22 heavy (non-hydrogen) atoms. The average Bonchev–Trinajstić information content (AvgIpc) is 2.99. The minimum Gasteiger partial charge on any atom is -0.395 e. The molecule has 1 aromatic carbocycles. The third kappa shape index (κ3) is 3.50. The fourth-order valence-electron chi connectivity index (χ4n) is 3.77. The average molecular weight is 302 g/mol. The van der Waals surface area contributed by atoms with E-state index in [4.69, 9.17) is 0 Å². The Hall–Kier alpha value is -1.39. The Morgan fingerprint density at radius 2 is 1.95 bits per heavy atom. The Morgan fingerprint density at radius 1 is 1.23 bits per heavy atom. The van der Waals surface area contributed by atoms with Gasteiger partial charge in [0.1, 0.15) is 0 Å². The van der Waals surface area contributed by atoms with E-state index in [-0.39, 0.29) is 24.5 Å². The van der Waals surface area contributed by atoms with Gasteiger partial charge in [-0.15, -0.1) is 0 Å². The molecule has 0 saturated carbocycles. The highest BCUT2D eigenvalue weighted by atomic mass is 16.3. The molecule has 1 aliphatic carbocycles. The van der Waals surface area contributed by atoms with Crippen LogP contribution in [0.15, 0.2) is 24.3 Å².